The van der Waals surface area contributed by atoms with Crippen molar-refractivity contribution in [3.05, 3.63) is 77.5 Å². The summed E-state index contributed by atoms with van der Waals surface area (Å²) in [4.78, 5) is 16.5. The second-order valence-electron chi connectivity index (χ2n) is 6.67. The highest BCUT2D eigenvalue weighted by Gasteiger charge is 2.07. The average molecular weight is 375 g/mol. The lowest BCUT2D eigenvalue weighted by Crippen LogP contribution is -2.20. The Morgan fingerprint density at radius 1 is 1.04 bits per heavy atom. The molecule has 0 atom stereocenters. The molecule has 0 bridgehead atoms. The summed E-state index contributed by atoms with van der Waals surface area (Å²) in [7, 11) is 0. The van der Waals surface area contributed by atoms with Crippen molar-refractivity contribution in [2.45, 2.75) is 27.2 Å². The number of rotatable bonds is 7. The van der Waals surface area contributed by atoms with Gasteiger partial charge in [-0.25, -0.2) is 4.98 Å². The summed E-state index contributed by atoms with van der Waals surface area (Å²) in [5, 5.41) is 6.17. The number of amides is 1. The Kier molecular flexibility index (Phi) is 6.27. The summed E-state index contributed by atoms with van der Waals surface area (Å²) in [5.74, 6) is 1.18. The number of aromatic nitrogens is 1. The fraction of sp³-hybridized carbons (Fsp3) is 0.217. The third kappa shape index (κ3) is 5.10. The zero-order valence-electron chi connectivity index (χ0n) is 16.5. The summed E-state index contributed by atoms with van der Waals surface area (Å²) in [6.07, 6.45) is 2.58. The highest BCUT2D eigenvalue weighted by molar-refractivity contribution is 5.91. The van der Waals surface area contributed by atoms with Gasteiger partial charge in [-0.2, -0.15) is 0 Å². The van der Waals surface area contributed by atoms with Crippen LogP contribution < -0.4 is 15.4 Å². The molecule has 0 aliphatic rings. The van der Waals surface area contributed by atoms with E-state index in [-0.39, 0.29) is 12.5 Å². The van der Waals surface area contributed by atoms with Crippen LogP contribution in [0.1, 0.15) is 23.6 Å². The molecule has 1 amide bonds. The van der Waals surface area contributed by atoms with Gasteiger partial charge in [0.15, 0.2) is 6.61 Å². The van der Waals surface area contributed by atoms with Gasteiger partial charge >= 0.3 is 0 Å². The number of hydrogen-bond donors (Lipinski definition) is 2. The van der Waals surface area contributed by atoms with Crippen molar-refractivity contribution in [1.29, 1.82) is 0 Å². The number of hydrogen-bond acceptors (Lipinski definition) is 4. The first kappa shape index (κ1) is 19.4. The largest absolute Gasteiger partial charge is 0.484 e. The molecule has 2 N–H and O–H groups in total. The molecule has 1 aromatic heterocycles. The van der Waals surface area contributed by atoms with Gasteiger partial charge < -0.3 is 15.4 Å². The molecule has 0 saturated heterocycles. The van der Waals surface area contributed by atoms with Crippen LogP contribution in [0.4, 0.5) is 17.2 Å². The molecule has 3 rings (SSSR count). The predicted octanol–water partition coefficient (Wildman–Crippen LogP) is 5.02. The van der Waals surface area contributed by atoms with Gasteiger partial charge in [0.05, 0.1) is 11.9 Å². The van der Waals surface area contributed by atoms with Gasteiger partial charge in [-0.3, -0.25) is 4.79 Å². The molecule has 0 spiro atoms. The number of nitrogens with zero attached hydrogens (tertiary/aromatic N) is 1. The van der Waals surface area contributed by atoms with Crippen molar-refractivity contribution >= 4 is 23.1 Å². The number of para-hydroxylation sites is 1. The monoisotopic (exact) mass is 375 g/mol. The number of pyridine rings is 1. The van der Waals surface area contributed by atoms with Crippen molar-refractivity contribution < 1.29 is 9.53 Å². The van der Waals surface area contributed by atoms with E-state index in [4.69, 9.17) is 4.74 Å². The smallest absolute Gasteiger partial charge is 0.262 e. The molecule has 0 saturated carbocycles. The van der Waals surface area contributed by atoms with E-state index < -0.39 is 0 Å². The number of ether oxygens (including phenoxy) is 1. The van der Waals surface area contributed by atoms with E-state index in [9.17, 15) is 4.79 Å². The van der Waals surface area contributed by atoms with E-state index in [0.717, 1.165) is 23.5 Å². The zero-order valence-corrected chi connectivity index (χ0v) is 16.5. The molecule has 144 valence electrons. The van der Waals surface area contributed by atoms with Gasteiger partial charge in [0.25, 0.3) is 5.91 Å². The third-order valence-corrected chi connectivity index (χ3v) is 4.43. The molecule has 28 heavy (non-hydrogen) atoms. The van der Waals surface area contributed by atoms with Gasteiger partial charge in [0.1, 0.15) is 11.6 Å². The number of aryl methyl sites for hydroxylation is 3. The van der Waals surface area contributed by atoms with Crippen molar-refractivity contribution in [1.82, 2.24) is 4.98 Å². The SMILES string of the molecule is CCc1cccc(C)c1Nc1ccc(NC(=O)COc2ccc(C)cc2)cn1. The Morgan fingerprint density at radius 2 is 1.82 bits per heavy atom. The van der Waals surface area contributed by atoms with Crippen LogP contribution in [0.5, 0.6) is 5.75 Å². The van der Waals surface area contributed by atoms with Crippen LogP contribution in [0.15, 0.2) is 60.8 Å². The second kappa shape index (κ2) is 9.04. The van der Waals surface area contributed by atoms with Crippen LogP contribution in [-0.4, -0.2) is 17.5 Å². The maximum absolute atomic E-state index is 12.1. The Labute approximate surface area is 165 Å². The topological polar surface area (TPSA) is 63.2 Å². The molecule has 3 aromatic rings. The fourth-order valence-electron chi connectivity index (χ4n) is 2.85. The normalized spacial score (nSPS) is 10.4. The molecule has 0 unspecified atom stereocenters. The number of nitrogens with one attached hydrogen (secondary N) is 2. The Morgan fingerprint density at radius 3 is 2.50 bits per heavy atom. The van der Waals surface area contributed by atoms with Crippen molar-refractivity contribution in [3.8, 4) is 5.75 Å². The standard InChI is InChI=1S/C23H25N3O2/c1-4-18-7-5-6-17(3)23(18)26-21-13-10-19(14-24-21)25-22(27)15-28-20-11-8-16(2)9-12-20/h5-14H,4,15H2,1-3H3,(H,24,26)(H,25,27). The highest BCUT2D eigenvalue weighted by Crippen LogP contribution is 2.25. The summed E-state index contributed by atoms with van der Waals surface area (Å²) in [6.45, 7) is 6.16. The number of carbonyl (C=O) groups excluding carboxylic acids is 1. The van der Waals surface area contributed by atoms with Crippen LogP contribution in [0.2, 0.25) is 0 Å². The van der Waals surface area contributed by atoms with Crippen LogP contribution in [0.3, 0.4) is 0 Å². The predicted molar refractivity (Wildman–Crippen MR) is 113 cm³/mol. The molecule has 2 aromatic carbocycles. The van der Waals surface area contributed by atoms with Crippen LogP contribution in [-0.2, 0) is 11.2 Å². The maximum atomic E-state index is 12.1. The Hall–Kier alpha value is -3.34. The Bertz CT molecular complexity index is 935. The van der Waals surface area contributed by atoms with E-state index in [0.29, 0.717) is 11.4 Å². The first-order valence-corrected chi connectivity index (χ1v) is 9.36. The van der Waals surface area contributed by atoms with Crippen molar-refractivity contribution in [3.63, 3.8) is 0 Å². The van der Waals surface area contributed by atoms with E-state index in [1.54, 1.807) is 6.20 Å². The lowest BCUT2D eigenvalue weighted by Gasteiger charge is -2.14. The van der Waals surface area contributed by atoms with Gasteiger partial charge in [0, 0.05) is 5.69 Å². The van der Waals surface area contributed by atoms with E-state index in [2.05, 4.69) is 47.7 Å². The summed E-state index contributed by atoms with van der Waals surface area (Å²) in [5.41, 5.74) is 5.27. The minimum absolute atomic E-state index is 0.0495. The Balaban J connectivity index is 1.57. The van der Waals surface area contributed by atoms with Crippen LogP contribution in [0, 0.1) is 13.8 Å². The lowest BCUT2D eigenvalue weighted by molar-refractivity contribution is -0.118. The molecule has 1 heterocycles. The molecule has 5 nitrogen and oxygen atoms in total. The average Bonchev–Trinajstić information content (AvgIpc) is 2.70. The van der Waals surface area contributed by atoms with Crippen LogP contribution in [0.25, 0.3) is 0 Å². The first-order chi connectivity index (χ1) is 13.5. The highest BCUT2D eigenvalue weighted by atomic mass is 16.5. The number of carbonyl (C=O) groups is 1. The quantitative estimate of drug-likeness (QED) is 0.608. The molecule has 5 heteroatoms. The van der Waals surface area contributed by atoms with Crippen molar-refractivity contribution in [2.75, 3.05) is 17.2 Å². The van der Waals surface area contributed by atoms with Gasteiger partial charge in [0.2, 0.25) is 0 Å². The maximum Gasteiger partial charge on any atom is 0.262 e. The van der Waals surface area contributed by atoms with Gasteiger partial charge in [-0.05, 0) is 55.7 Å². The third-order valence-electron chi connectivity index (χ3n) is 4.43. The zero-order chi connectivity index (χ0) is 19.9. The summed E-state index contributed by atoms with van der Waals surface area (Å²) >= 11 is 0. The van der Waals surface area contributed by atoms with Gasteiger partial charge in [-0.15, -0.1) is 0 Å². The van der Waals surface area contributed by atoms with E-state index >= 15 is 0 Å². The van der Waals surface area contributed by atoms with Crippen LogP contribution >= 0.6 is 0 Å². The molecular formula is C23H25N3O2. The van der Waals surface area contributed by atoms with Gasteiger partial charge in [-0.1, -0.05) is 42.8 Å². The molecule has 0 aliphatic carbocycles. The second-order valence-corrected chi connectivity index (χ2v) is 6.67. The molecule has 0 fully saturated rings. The summed E-state index contributed by atoms with van der Waals surface area (Å²) in [6, 6.07) is 17.5. The minimum Gasteiger partial charge on any atom is -0.484 e. The number of anilines is 3. The minimum atomic E-state index is -0.227. The fourth-order valence-corrected chi connectivity index (χ4v) is 2.85. The lowest BCUT2D eigenvalue weighted by atomic mass is 10.1. The number of benzene rings is 2. The molecule has 0 radical (unpaired) electrons. The molecular weight excluding hydrogens is 350 g/mol. The van der Waals surface area contributed by atoms with E-state index in [1.165, 1.54) is 11.1 Å². The van der Waals surface area contributed by atoms with Crippen molar-refractivity contribution in [2.24, 2.45) is 0 Å². The summed E-state index contributed by atoms with van der Waals surface area (Å²) < 4.78 is 5.49. The first-order valence-electron chi connectivity index (χ1n) is 9.36. The molecule has 0 aliphatic heterocycles. The van der Waals surface area contributed by atoms with E-state index in [1.807, 2.05) is 43.3 Å².